The van der Waals surface area contributed by atoms with Crippen molar-refractivity contribution in [1.82, 2.24) is 24.4 Å². The van der Waals surface area contributed by atoms with Crippen LogP contribution in [0.25, 0.3) is 10.9 Å². The summed E-state index contributed by atoms with van der Waals surface area (Å²) in [6, 6.07) is 6.54. The number of rotatable bonds is 6. The summed E-state index contributed by atoms with van der Waals surface area (Å²) in [7, 11) is 2.99. The van der Waals surface area contributed by atoms with Crippen LogP contribution in [0.3, 0.4) is 0 Å². The molecule has 4 aromatic rings. The van der Waals surface area contributed by atoms with E-state index < -0.39 is 29.6 Å². The number of methoxy groups -OCH3 is 1. The number of likely N-dealkylation sites (tertiary alicyclic amines) is 1. The maximum atomic E-state index is 13.2. The van der Waals surface area contributed by atoms with Crippen LogP contribution in [-0.4, -0.2) is 55.9 Å². The lowest BCUT2D eigenvalue weighted by molar-refractivity contribution is -0.210. The molecule has 1 N–H and O–H groups in total. The number of aryl methyl sites for hydroxylation is 1. The number of imidazole rings is 1. The Morgan fingerprint density at radius 3 is 2.30 bits per heavy atom. The lowest BCUT2D eigenvalue weighted by atomic mass is 9.83. The second-order valence-electron chi connectivity index (χ2n) is 9.61. The molecule has 1 unspecified atom stereocenters. The lowest BCUT2D eigenvalue weighted by Gasteiger charge is -2.40. The minimum Gasteiger partial charge on any atom is -0.481 e. The molecule has 212 valence electrons. The van der Waals surface area contributed by atoms with E-state index in [0.29, 0.717) is 16.5 Å². The molecular weight excluding hydrogens is 564 g/mol. The zero-order valence-electron chi connectivity index (χ0n) is 21.1. The van der Waals surface area contributed by atoms with Crippen LogP contribution in [0.4, 0.5) is 26.3 Å². The predicted octanol–water partition coefficient (Wildman–Crippen LogP) is 5.32. The molecule has 1 aliphatic rings. The Balaban J connectivity index is 1.61. The van der Waals surface area contributed by atoms with Gasteiger partial charge in [-0.15, -0.1) is 0 Å². The monoisotopic (exact) mass is 585 g/mol. The molecule has 0 spiro atoms. The molecule has 0 amide bonds. The molecule has 1 aromatic carbocycles. The molecule has 0 bridgehead atoms. The standard InChI is InChI=1S/C26H22ClF6N5O2/c1-37-13-34-9-21(37)24(39,15-4-6-20(35-8-15)26(31,32)33)14-3-5-19-17(7-14)22(27)18(23(36-19)40-2)12-38-10-16(11-38)25(28,29)30/h3-9,13,16,39H,10-12H2,1-2H3. The molecule has 3 aromatic heterocycles. The van der Waals surface area contributed by atoms with Gasteiger partial charge in [-0.25, -0.2) is 9.97 Å². The topological polar surface area (TPSA) is 76.3 Å². The number of halogens is 7. The van der Waals surface area contributed by atoms with Crippen molar-refractivity contribution in [2.75, 3.05) is 20.2 Å². The van der Waals surface area contributed by atoms with Crippen molar-refractivity contribution in [3.8, 4) is 5.88 Å². The minimum absolute atomic E-state index is 0.0417. The number of fused-ring (bicyclic) bond motifs is 1. The second kappa shape index (κ2) is 9.89. The van der Waals surface area contributed by atoms with Gasteiger partial charge in [-0.1, -0.05) is 23.7 Å². The molecule has 40 heavy (non-hydrogen) atoms. The molecule has 14 heteroatoms. The summed E-state index contributed by atoms with van der Waals surface area (Å²) in [6.07, 6.45) is -5.21. The first-order valence-corrected chi connectivity index (χ1v) is 12.3. The SMILES string of the molecule is COc1nc2ccc(C(O)(c3ccc(C(F)(F)F)nc3)c3cncn3C)cc2c(Cl)c1CN1CC(C(F)(F)F)C1. The maximum absolute atomic E-state index is 13.2. The van der Waals surface area contributed by atoms with Gasteiger partial charge < -0.3 is 14.4 Å². The van der Waals surface area contributed by atoms with Crippen molar-refractivity contribution in [3.63, 3.8) is 0 Å². The van der Waals surface area contributed by atoms with E-state index in [1.54, 1.807) is 24.1 Å². The molecule has 0 radical (unpaired) electrons. The van der Waals surface area contributed by atoms with Gasteiger partial charge in [0.2, 0.25) is 5.88 Å². The van der Waals surface area contributed by atoms with Crippen LogP contribution in [0.5, 0.6) is 5.88 Å². The van der Waals surface area contributed by atoms with E-state index >= 15 is 0 Å². The van der Waals surface area contributed by atoms with Crippen molar-refractivity contribution in [2.24, 2.45) is 13.0 Å². The molecule has 1 fully saturated rings. The first kappa shape index (κ1) is 28.1. The zero-order valence-corrected chi connectivity index (χ0v) is 21.8. The molecule has 1 aliphatic heterocycles. The molecular formula is C26H22ClF6N5O2. The van der Waals surface area contributed by atoms with Crippen LogP contribution in [0, 0.1) is 5.92 Å². The fourth-order valence-corrected chi connectivity index (χ4v) is 5.14. The average molecular weight is 586 g/mol. The number of hydrogen-bond donors (Lipinski definition) is 1. The van der Waals surface area contributed by atoms with Crippen LogP contribution in [0.2, 0.25) is 5.02 Å². The Hall–Kier alpha value is -3.42. The van der Waals surface area contributed by atoms with E-state index in [4.69, 9.17) is 16.3 Å². The van der Waals surface area contributed by atoms with E-state index in [0.717, 1.165) is 18.3 Å². The number of aliphatic hydroxyl groups is 1. The highest BCUT2D eigenvalue weighted by Gasteiger charge is 2.47. The molecule has 1 saturated heterocycles. The Kier molecular flexibility index (Phi) is 6.95. The number of alkyl halides is 6. The van der Waals surface area contributed by atoms with Crippen molar-refractivity contribution in [3.05, 3.63) is 82.2 Å². The van der Waals surface area contributed by atoms with Gasteiger partial charge >= 0.3 is 12.4 Å². The second-order valence-corrected chi connectivity index (χ2v) is 9.99. The van der Waals surface area contributed by atoms with E-state index in [1.165, 1.54) is 30.3 Å². The Morgan fingerprint density at radius 1 is 1.05 bits per heavy atom. The van der Waals surface area contributed by atoms with E-state index in [-0.39, 0.29) is 47.4 Å². The summed E-state index contributed by atoms with van der Waals surface area (Å²) in [4.78, 5) is 13.6. The van der Waals surface area contributed by atoms with Crippen molar-refractivity contribution in [2.45, 2.75) is 24.5 Å². The molecule has 1 atom stereocenters. The number of hydrogen-bond acceptors (Lipinski definition) is 6. The lowest BCUT2D eigenvalue weighted by Crippen LogP contribution is -2.52. The third-order valence-corrected chi connectivity index (χ3v) is 7.48. The van der Waals surface area contributed by atoms with Crippen molar-refractivity contribution >= 4 is 22.5 Å². The van der Waals surface area contributed by atoms with Crippen LogP contribution < -0.4 is 4.74 Å². The Morgan fingerprint density at radius 2 is 1.75 bits per heavy atom. The summed E-state index contributed by atoms with van der Waals surface area (Å²) >= 11 is 6.77. The number of nitrogens with zero attached hydrogens (tertiary/aromatic N) is 5. The molecule has 0 saturated carbocycles. The van der Waals surface area contributed by atoms with Crippen molar-refractivity contribution < 1.29 is 36.2 Å². The van der Waals surface area contributed by atoms with Gasteiger partial charge in [0.05, 0.1) is 41.8 Å². The van der Waals surface area contributed by atoms with Crippen LogP contribution in [0.1, 0.15) is 28.1 Å². The minimum atomic E-state index is -4.67. The Labute approximate surface area is 229 Å². The normalized spacial score (nSPS) is 16.6. The van der Waals surface area contributed by atoms with Gasteiger partial charge in [0, 0.05) is 49.4 Å². The van der Waals surface area contributed by atoms with E-state index in [9.17, 15) is 31.4 Å². The number of pyridine rings is 2. The van der Waals surface area contributed by atoms with Gasteiger partial charge in [-0.3, -0.25) is 9.88 Å². The quantitative estimate of drug-likeness (QED) is 0.309. The van der Waals surface area contributed by atoms with Crippen molar-refractivity contribution in [1.29, 1.82) is 0 Å². The number of ether oxygens (including phenoxy) is 1. The summed E-state index contributed by atoms with van der Waals surface area (Å²) < 4.78 is 85.3. The molecule has 0 aliphatic carbocycles. The third-order valence-electron chi connectivity index (χ3n) is 7.05. The number of benzene rings is 1. The van der Waals surface area contributed by atoms with Gasteiger partial charge in [0.25, 0.3) is 0 Å². The summed E-state index contributed by atoms with van der Waals surface area (Å²) in [5.74, 6) is -1.28. The highest BCUT2D eigenvalue weighted by Crippen LogP contribution is 2.42. The van der Waals surface area contributed by atoms with Gasteiger partial charge in [-0.2, -0.15) is 26.3 Å². The molecule has 7 nitrogen and oxygen atoms in total. The largest absolute Gasteiger partial charge is 0.481 e. The summed E-state index contributed by atoms with van der Waals surface area (Å²) in [5, 5.41) is 12.7. The van der Waals surface area contributed by atoms with E-state index in [1.807, 2.05) is 0 Å². The highest BCUT2D eigenvalue weighted by atomic mass is 35.5. The van der Waals surface area contributed by atoms with Crippen LogP contribution in [0.15, 0.2) is 49.1 Å². The summed E-state index contributed by atoms with van der Waals surface area (Å²) in [6.45, 7) is -0.332. The third kappa shape index (κ3) is 4.86. The smallest absolute Gasteiger partial charge is 0.433 e. The Bertz CT molecular complexity index is 1550. The first-order valence-electron chi connectivity index (χ1n) is 11.9. The zero-order chi connectivity index (χ0) is 29.0. The highest BCUT2D eigenvalue weighted by molar-refractivity contribution is 6.36. The average Bonchev–Trinajstić information content (AvgIpc) is 3.31. The molecule has 4 heterocycles. The van der Waals surface area contributed by atoms with Gasteiger partial charge in [-0.05, 0) is 23.8 Å². The van der Waals surface area contributed by atoms with Crippen LogP contribution in [-0.2, 0) is 25.4 Å². The fourth-order valence-electron chi connectivity index (χ4n) is 4.85. The van der Waals surface area contributed by atoms with Gasteiger partial charge in [0.1, 0.15) is 5.69 Å². The van der Waals surface area contributed by atoms with Gasteiger partial charge in [0.15, 0.2) is 5.60 Å². The molecule has 5 rings (SSSR count). The fraction of sp³-hybridized carbons (Fsp3) is 0.346. The maximum Gasteiger partial charge on any atom is 0.433 e. The number of aromatic nitrogens is 4. The summed E-state index contributed by atoms with van der Waals surface area (Å²) in [5.41, 5.74) is -1.86. The van der Waals surface area contributed by atoms with Crippen LogP contribution >= 0.6 is 11.6 Å². The predicted molar refractivity (Wildman–Crippen MR) is 133 cm³/mol. The first-order chi connectivity index (χ1) is 18.7. The van der Waals surface area contributed by atoms with E-state index in [2.05, 4.69) is 15.0 Å².